The van der Waals surface area contributed by atoms with Gasteiger partial charge in [0.2, 0.25) is 0 Å². The topological polar surface area (TPSA) is 55.8 Å². The molecule has 1 saturated heterocycles. The molecule has 1 aliphatic heterocycles. The first kappa shape index (κ1) is 14.4. The second kappa shape index (κ2) is 6.93. The molecule has 0 atom stereocenters. The highest BCUT2D eigenvalue weighted by Gasteiger charge is 2.19. The molecule has 0 unspecified atom stereocenters. The Morgan fingerprint density at radius 3 is 2.40 bits per heavy atom. The lowest BCUT2D eigenvalue weighted by Crippen LogP contribution is -2.32. The minimum absolute atomic E-state index is 0.106. The van der Waals surface area contributed by atoms with Gasteiger partial charge in [0, 0.05) is 13.1 Å². The lowest BCUT2D eigenvalue weighted by atomic mass is 10.1. The van der Waals surface area contributed by atoms with Crippen molar-refractivity contribution in [2.24, 2.45) is 0 Å². The number of benzene rings is 1. The molecule has 5 nitrogen and oxygen atoms in total. The van der Waals surface area contributed by atoms with Crippen LogP contribution in [0.3, 0.4) is 0 Å². The van der Waals surface area contributed by atoms with E-state index in [1.807, 2.05) is 12.1 Å². The van der Waals surface area contributed by atoms with Crippen LogP contribution in [-0.2, 0) is 20.7 Å². The Balaban J connectivity index is 1.75. The number of likely N-dealkylation sites (tertiary alicyclic amines) is 1. The standard InChI is InChI=1S/C15H19NO4/c1-19-13-6-4-12(5-7-13)10-15(18)20-11-14(17)16-8-2-3-9-16/h4-7H,2-3,8-11H2,1H3. The summed E-state index contributed by atoms with van der Waals surface area (Å²) in [5, 5.41) is 0. The van der Waals surface area contributed by atoms with Crippen LogP contribution in [0.5, 0.6) is 5.75 Å². The molecule has 0 radical (unpaired) electrons. The number of methoxy groups -OCH3 is 1. The van der Waals surface area contributed by atoms with Gasteiger partial charge in [0.25, 0.3) is 5.91 Å². The van der Waals surface area contributed by atoms with E-state index in [4.69, 9.17) is 9.47 Å². The maximum atomic E-state index is 11.7. The largest absolute Gasteiger partial charge is 0.497 e. The van der Waals surface area contributed by atoms with Crippen molar-refractivity contribution in [3.63, 3.8) is 0 Å². The summed E-state index contributed by atoms with van der Waals surface area (Å²) in [5.74, 6) is 0.250. The Morgan fingerprint density at radius 1 is 1.15 bits per heavy atom. The van der Waals surface area contributed by atoms with Crippen LogP contribution in [-0.4, -0.2) is 43.6 Å². The van der Waals surface area contributed by atoms with E-state index in [-0.39, 0.29) is 24.9 Å². The van der Waals surface area contributed by atoms with Crippen molar-refractivity contribution in [2.45, 2.75) is 19.3 Å². The van der Waals surface area contributed by atoms with Crippen LogP contribution in [0.25, 0.3) is 0 Å². The predicted molar refractivity (Wildman–Crippen MR) is 73.5 cm³/mol. The van der Waals surface area contributed by atoms with E-state index in [0.29, 0.717) is 0 Å². The molecule has 1 heterocycles. The van der Waals surface area contributed by atoms with Gasteiger partial charge in [-0.3, -0.25) is 9.59 Å². The number of rotatable bonds is 5. The molecular formula is C15H19NO4. The molecule has 1 aromatic carbocycles. The second-order valence-corrected chi connectivity index (χ2v) is 4.77. The van der Waals surface area contributed by atoms with E-state index in [1.54, 1.807) is 24.1 Å². The van der Waals surface area contributed by atoms with Crippen LogP contribution in [0.15, 0.2) is 24.3 Å². The minimum atomic E-state index is -0.386. The van der Waals surface area contributed by atoms with Gasteiger partial charge < -0.3 is 14.4 Å². The number of esters is 1. The molecule has 0 spiro atoms. The fourth-order valence-electron chi connectivity index (χ4n) is 2.16. The van der Waals surface area contributed by atoms with Crippen LogP contribution in [0, 0.1) is 0 Å². The van der Waals surface area contributed by atoms with E-state index in [0.717, 1.165) is 37.2 Å². The maximum absolute atomic E-state index is 11.7. The van der Waals surface area contributed by atoms with Gasteiger partial charge in [-0.05, 0) is 30.5 Å². The molecule has 0 aliphatic carbocycles. The Bertz CT molecular complexity index is 463. The van der Waals surface area contributed by atoms with Crippen molar-refractivity contribution < 1.29 is 19.1 Å². The molecule has 108 valence electrons. The highest BCUT2D eigenvalue weighted by Crippen LogP contribution is 2.12. The molecule has 0 bridgehead atoms. The zero-order valence-corrected chi connectivity index (χ0v) is 11.6. The lowest BCUT2D eigenvalue weighted by Gasteiger charge is -2.14. The Hall–Kier alpha value is -2.04. The number of hydrogen-bond donors (Lipinski definition) is 0. The second-order valence-electron chi connectivity index (χ2n) is 4.77. The van der Waals surface area contributed by atoms with E-state index in [1.165, 1.54) is 0 Å². The van der Waals surface area contributed by atoms with Crippen molar-refractivity contribution in [2.75, 3.05) is 26.8 Å². The number of amides is 1. The first-order chi connectivity index (χ1) is 9.69. The maximum Gasteiger partial charge on any atom is 0.310 e. The van der Waals surface area contributed by atoms with Gasteiger partial charge in [-0.1, -0.05) is 12.1 Å². The number of ether oxygens (including phenoxy) is 2. The van der Waals surface area contributed by atoms with Crippen molar-refractivity contribution >= 4 is 11.9 Å². The third kappa shape index (κ3) is 3.98. The zero-order valence-electron chi connectivity index (χ0n) is 11.6. The van der Waals surface area contributed by atoms with E-state index >= 15 is 0 Å². The number of carbonyl (C=O) groups excluding carboxylic acids is 2. The number of hydrogen-bond acceptors (Lipinski definition) is 4. The third-order valence-corrected chi connectivity index (χ3v) is 3.32. The summed E-state index contributed by atoms with van der Waals surface area (Å²) in [6.07, 6.45) is 2.23. The Morgan fingerprint density at radius 2 is 1.80 bits per heavy atom. The van der Waals surface area contributed by atoms with Crippen molar-refractivity contribution in [3.05, 3.63) is 29.8 Å². The van der Waals surface area contributed by atoms with Crippen LogP contribution < -0.4 is 4.74 Å². The van der Waals surface area contributed by atoms with Gasteiger partial charge in [-0.15, -0.1) is 0 Å². The average Bonchev–Trinajstić information content (AvgIpc) is 3.00. The molecule has 20 heavy (non-hydrogen) atoms. The molecule has 0 N–H and O–H groups in total. The van der Waals surface area contributed by atoms with Crippen LogP contribution in [0.4, 0.5) is 0 Å². The smallest absolute Gasteiger partial charge is 0.310 e. The summed E-state index contributed by atoms with van der Waals surface area (Å²) in [6.45, 7) is 1.39. The lowest BCUT2D eigenvalue weighted by molar-refractivity contribution is -0.151. The predicted octanol–water partition coefficient (Wildman–Crippen LogP) is 1.40. The molecule has 0 aromatic heterocycles. The zero-order chi connectivity index (χ0) is 14.4. The molecule has 2 rings (SSSR count). The molecule has 0 saturated carbocycles. The van der Waals surface area contributed by atoms with Gasteiger partial charge in [0.15, 0.2) is 6.61 Å². The van der Waals surface area contributed by atoms with E-state index < -0.39 is 0 Å². The van der Waals surface area contributed by atoms with Crippen LogP contribution in [0.1, 0.15) is 18.4 Å². The first-order valence-electron chi connectivity index (χ1n) is 6.75. The quantitative estimate of drug-likeness (QED) is 0.763. The van der Waals surface area contributed by atoms with Gasteiger partial charge >= 0.3 is 5.97 Å². The summed E-state index contributed by atoms with van der Waals surface area (Å²) in [5.41, 5.74) is 0.837. The Labute approximate surface area is 118 Å². The van der Waals surface area contributed by atoms with E-state index in [2.05, 4.69) is 0 Å². The average molecular weight is 277 g/mol. The fourth-order valence-corrected chi connectivity index (χ4v) is 2.16. The highest BCUT2D eigenvalue weighted by atomic mass is 16.5. The third-order valence-electron chi connectivity index (χ3n) is 3.32. The van der Waals surface area contributed by atoms with Gasteiger partial charge in [-0.25, -0.2) is 0 Å². The summed E-state index contributed by atoms with van der Waals surface area (Å²) in [4.78, 5) is 25.1. The molecule has 1 fully saturated rings. The SMILES string of the molecule is COc1ccc(CC(=O)OCC(=O)N2CCCC2)cc1. The number of nitrogens with zero attached hydrogens (tertiary/aromatic N) is 1. The monoisotopic (exact) mass is 277 g/mol. The van der Waals surface area contributed by atoms with Gasteiger partial charge in [-0.2, -0.15) is 0 Å². The molecule has 1 amide bonds. The molecular weight excluding hydrogens is 258 g/mol. The van der Waals surface area contributed by atoms with Crippen molar-refractivity contribution in [3.8, 4) is 5.75 Å². The molecule has 1 aromatic rings. The normalized spacial score (nSPS) is 14.2. The van der Waals surface area contributed by atoms with Gasteiger partial charge in [0.05, 0.1) is 13.5 Å². The minimum Gasteiger partial charge on any atom is -0.497 e. The van der Waals surface area contributed by atoms with Crippen molar-refractivity contribution in [1.29, 1.82) is 0 Å². The van der Waals surface area contributed by atoms with Gasteiger partial charge in [0.1, 0.15) is 5.75 Å². The summed E-state index contributed by atoms with van der Waals surface area (Å²) >= 11 is 0. The molecule has 5 heteroatoms. The summed E-state index contributed by atoms with van der Waals surface area (Å²) < 4.78 is 10.1. The van der Waals surface area contributed by atoms with Crippen LogP contribution in [0.2, 0.25) is 0 Å². The van der Waals surface area contributed by atoms with Crippen LogP contribution >= 0.6 is 0 Å². The molecule has 1 aliphatic rings. The summed E-state index contributed by atoms with van der Waals surface area (Å²) in [7, 11) is 1.59. The Kier molecular flexibility index (Phi) is 4.98. The fraction of sp³-hybridized carbons (Fsp3) is 0.467. The van der Waals surface area contributed by atoms with E-state index in [9.17, 15) is 9.59 Å². The van der Waals surface area contributed by atoms with Crippen molar-refractivity contribution in [1.82, 2.24) is 4.90 Å². The first-order valence-corrected chi connectivity index (χ1v) is 6.75. The highest BCUT2D eigenvalue weighted by molar-refractivity contribution is 5.81. The number of carbonyl (C=O) groups is 2. The summed E-state index contributed by atoms with van der Waals surface area (Å²) in [6, 6.07) is 7.20.